The summed E-state index contributed by atoms with van der Waals surface area (Å²) in [7, 11) is 0. The summed E-state index contributed by atoms with van der Waals surface area (Å²) in [5.74, 6) is -0.0143. The molecule has 1 fully saturated rings. The molecule has 1 aliphatic carbocycles. The molecule has 0 radical (unpaired) electrons. The van der Waals surface area contributed by atoms with Crippen molar-refractivity contribution in [2.75, 3.05) is 6.54 Å². The highest BCUT2D eigenvalue weighted by atomic mass is 16.2. The molecule has 4 rings (SSSR count). The van der Waals surface area contributed by atoms with Crippen molar-refractivity contribution >= 4 is 11.8 Å². The molecule has 2 aromatic rings. The second kappa shape index (κ2) is 6.94. The van der Waals surface area contributed by atoms with Gasteiger partial charge in [0, 0.05) is 18.5 Å². The van der Waals surface area contributed by atoms with Gasteiger partial charge in [0.1, 0.15) is 0 Å². The number of aromatic nitrogens is 2. The van der Waals surface area contributed by atoms with E-state index < -0.39 is 0 Å². The molecule has 1 aromatic heterocycles. The van der Waals surface area contributed by atoms with Gasteiger partial charge in [-0.05, 0) is 30.9 Å². The predicted octanol–water partition coefficient (Wildman–Crippen LogP) is 2.00. The summed E-state index contributed by atoms with van der Waals surface area (Å²) in [5.41, 5.74) is 2.56. The fourth-order valence-electron chi connectivity index (χ4n) is 3.42. The van der Waals surface area contributed by atoms with Crippen LogP contribution in [0, 0.1) is 5.92 Å². The Bertz CT molecular complexity index is 810. The number of amides is 2. The fourth-order valence-corrected chi connectivity index (χ4v) is 3.42. The third kappa shape index (κ3) is 3.64. The molecule has 6 nitrogen and oxygen atoms in total. The SMILES string of the molecule is C[C@@H](Cc1ccccc1)C(=O)N1CCn2nc(C(=O)NC3CC3)cc2C1. The highest BCUT2D eigenvalue weighted by Gasteiger charge is 2.28. The molecule has 2 aliphatic rings. The Morgan fingerprint density at radius 1 is 1.23 bits per heavy atom. The molecule has 1 aromatic carbocycles. The van der Waals surface area contributed by atoms with Crippen molar-refractivity contribution in [1.82, 2.24) is 20.0 Å². The number of nitrogens with zero attached hydrogens (tertiary/aromatic N) is 3. The van der Waals surface area contributed by atoms with E-state index >= 15 is 0 Å². The number of rotatable bonds is 5. The molecule has 0 bridgehead atoms. The summed E-state index contributed by atoms with van der Waals surface area (Å²) in [6.07, 6.45) is 2.85. The zero-order valence-corrected chi connectivity index (χ0v) is 15.0. The topological polar surface area (TPSA) is 67.2 Å². The van der Waals surface area contributed by atoms with E-state index in [9.17, 15) is 9.59 Å². The molecule has 0 unspecified atom stereocenters. The quantitative estimate of drug-likeness (QED) is 0.895. The first-order valence-corrected chi connectivity index (χ1v) is 9.30. The molecule has 1 saturated carbocycles. The van der Waals surface area contributed by atoms with Gasteiger partial charge in [0.15, 0.2) is 5.69 Å². The van der Waals surface area contributed by atoms with Crippen LogP contribution < -0.4 is 5.32 Å². The number of benzene rings is 1. The van der Waals surface area contributed by atoms with Crippen LogP contribution in [-0.2, 0) is 24.3 Å². The second-order valence-electron chi connectivity index (χ2n) is 7.34. The van der Waals surface area contributed by atoms with Crippen LogP contribution >= 0.6 is 0 Å². The van der Waals surface area contributed by atoms with Crippen LogP contribution in [0.25, 0.3) is 0 Å². The number of fused-ring (bicyclic) bond motifs is 1. The molecule has 0 spiro atoms. The maximum absolute atomic E-state index is 12.8. The molecule has 26 heavy (non-hydrogen) atoms. The van der Waals surface area contributed by atoms with Crippen LogP contribution in [0.5, 0.6) is 0 Å². The summed E-state index contributed by atoms with van der Waals surface area (Å²) < 4.78 is 1.85. The van der Waals surface area contributed by atoms with Crippen molar-refractivity contribution in [3.63, 3.8) is 0 Å². The second-order valence-corrected chi connectivity index (χ2v) is 7.34. The van der Waals surface area contributed by atoms with Gasteiger partial charge in [0.2, 0.25) is 5.91 Å². The van der Waals surface area contributed by atoms with Crippen molar-refractivity contribution in [3.8, 4) is 0 Å². The third-order valence-corrected chi connectivity index (χ3v) is 5.06. The van der Waals surface area contributed by atoms with Crippen LogP contribution in [0.3, 0.4) is 0 Å². The van der Waals surface area contributed by atoms with Crippen molar-refractivity contribution in [1.29, 1.82) is 0 Å². The van der Waals surface area contributed by atoms with E-state index in [1.165, 1.54) is 5.56 Å². The maximum Gasteiger partial charge on any atom is 0.272 e. The Balaban J connectivity index is 1.40. The number of carbonyl (C=O) groups excluding carboxylic acids is 2. The molecular weight excluding hydrogens is 328 g/mol. The molecular formula is C20H24N4O2. The van der Waals surface area contributed by atoms with Crippen LogP contribution in [0.1, 0.15) is 41.5 Å². The molecule has 0 saturated heterocycles. The summed E-state index contributed by atoms with van der Waals surface area (Å²) in [5, 5.41) is 7.37. The van der Waals surface area contributed by atoms with E-state index in [1.807, 2.05) is 40.8 Å². The molecule has 1 atom stereocenters. The summed E-state index contributed by atoms with van der Waals surface area (Å²) >= 11 is 0. The predicted molar refractivity (Wildman–Crippen MR) is 97.4 cm³/mol. The van der Waals surface area contributed by atoms with E-state index in [0.29, 0.717) is 31.4 Å². The normalized spacial score (nSPS) is 17.5. The monoisotopic (exact) mass is 352 g/mol. The smallest absolute Gasteiger partial charge is 0.272 e. The lowest BCUT2D eigenvalue weighted by Crippen LogP contribution is -2.41. The van der Waals surface area contributed by atoms with Crippen LogP contribution in [-0.4, -0.2) is 39.1 Å². The van der Waals surface area contributed by atoms with Gasteiger partial charge in [-0.15, -0.1) is 0 Å². The van der Waals surface area contributed by atoms with Gasteiger partial charge in [0.25, 0.3) is 5.91 Å². The maximum atomic E-state index is 12.8. The van der Waals surface area contributed by atoms with Crippen molar-refractivity contribution in [3.05, 3.63) is 53.3 Å². The van der Waals surface area contributed by atoms with Gasteiger partial charge in [-0.1, -0.05) is 37.3 Å². The van der Waals surface area contributed by atoms with Gasteiger partial charge in [-0.25, -0.2) is 0 Å². The van der Waals surface area contributed by atoms with Crippen molar-refractivity contribution in [2.24, 2.45) is 5.92 Å². The van der Waals surface area contributed by atoms with Gasteiger partial charge in [-0.3, -0.25) is 14.3 Å². The molecule has 2 heterocycles. The van der Waals surface area contributed by atoms with E-state index in [4.69, 9.17) is 0 Å². The first-order chi connectivity index (χ1) is 12.6. The minimum Gasteiger partial charge on any atom is -0.348 e. The standard InChI is InChI=1S/C20H24N4O2/c1-14(11-15-5-3-2-4-6-15)20(26)23-9-10-24-17(13-23)12-18(22-24)19(25)21-16-7-8-16/h2-6,12,14,16H,7-11,13H2,1H3,(H,21,25)/t14-/m0/s1. The van der Waals surface area contributed by atoms with Crippen LogP contribution in [0.4, 0.5) is 0 Å². The van der Waals surface area contributed by atoms with Gasteiger partial charge in [0.05, 0.1) is 18.8 Å². The molecule has 136 valence electrons. The Morgan fingerprint density at radius 3 is 2.73 bits per heavy atom. The van der Waals surface area contributed by atoms with Crippen molar-refractivity contribution in [2.45, 2.75) is 45.3 Å². The first-order valence-electron chi connectivity index (χ1n) is 9.30. The van der Waals surface area contributed by atoms with Gasteiger partial charge >= 0.3 is 0 Å². The zero-order chi connectivity index (χ0) is 18.1. The molecule has 1 aliphatic heterocycles. The molecule has 6 heteroatoms. The fraction of sp³-hybridized carbons (Fsp3) is 0.450. The Kier molecular flexibility index (Phi) is 4.49. The van der Waals surface area contributed by atoms with Gasteiger partial charge < -0.3 is 10.2 Å². The van der Waals surface area contributed by atoms with E-state index in [0.717, 1.165) is 25.0 Å². The van der Waals surface area contributed by atoms with E-state index in [1.54, 1.807) is 0 Å². The minimum absolute atomic E-state index is 0.0653. The van der Waals surface area contributed by atoms with Crippen molar-refractivity contribution < 1.29 is 9.59 Å². The average Bonchev–Trinajstić information content (AvgIpc) is 3.36. The third-order valence-electron chi connectivity index (χ3n) is 5.06. The number of hydrogen-bond donors (Lipinski definition) is 1. The van der Waals surface area contributed by atoms with E-state index in [-0.39, 0.29) is 17.7 Å². The summed E-state index contributed by atoms with van der Waals surface area (Å²) in [6.45, 7) is 3.77. The van der Waals surface area contributed by atoms with Crippen LogP contribution in [0.2, 0.25) is 0 Å². The molecule has 1 N–H and O–H groups in total. The first kappa shape index (κ1) is 16.8. The largest absolute Gasteiger partial charge is 0.348 e. The number of nitrogens with one attached hydrogen (secondary N) is 1. The minimum atomic E-state index is -0.107. The lowest BCUT2D eigenvalue weighted by molar-refractivity contribution is -0.136. The Hall–Kier alpha value is -2.63. The lowest BCUT2D eigenvalue weighted by atomic mass is 9.99. The van der Waals surface area contributed by atoms with Gasteiger partial charge in [-0.2, -0.15) is 5.10 Å². The molecule has 2 amide bonds. The lowest BCUT2D eigenvalue weighted by Gasteiger charge is -2.30. The summed E-state index contributed by atoms with van der Waals surface area (Å²) in [4.78, 5) is 26.9. The number of hydrogen-bond acceptors (Lipinski definition) is 3. The average molecular weight is 352 g/mol. The highest BCUT2D eigenvalue weighted by Crippen LogP contribution is 2.21. The number of carbonyl (C=O) groups is 2. The van der Waals surface area contributed by atoms with E-state index in [2.05, 4.69) is 22.5 Å². The highest BCUT2D eigenvalue weighted by molar-refractivity contribution is 5.92. The Labute approximate surface area is 153 Å². The Morgan fingerprint density at radius 2 is 2.00 bits per heavy atom. The summed E-state index contributed by atoms with van der Waals surface area (Å²) in [6, 6.07) is 12.2. The zero-order valence-electron chi connectivity index (χ0n) is 15.0. The van der Waals surface area contributed by atoms with Crippen LogP contribution in [0.15, 0.2) is 36.4 Å².